The molecule has 1 fully saturated rings. The van der Waals surface area contributed by atoms with Crippen LogP contribution in [-0.2, 0) is 9.53 Å². The molecule has 2 atom stereocenters. The summed E-state index contributed by atoms with van der Waals surface area (Å²) in [7, 11) is 1.56. The Morgan fingerprint density at radius 2 is 2.38 bits per heavy atom. The van der Waals surface area contributed by atoms with Crippen LogP contribution in [0.15, 0.2) is 0 Å². The average Bonchev–Trinajstić information content (AvgIpc) is 2.16. The van der Waals surface area contributed by atoms with Crippen LogP contribution in [0.2, 0.25) is 0 Å². The van der Waals surface area contributed by atoms with E-state index in [1.165, 1.54) is 0 Å². The van der Waals surface area contributed by atoms with Crippen molar-refractivity contribution in [3.63, 3.8) is 0 Å². The first-order chi connectivity index (χ1) is 6.16. The van der Waals surface area contributed by atoms with Gasteiger partial charge in [0.25, 0.3) is 5.91 Å². The number of carbonyl (C=O) groups is 1. The van der Waals surface area contributed by atoms with Gasteiger partial charge in [0, 0.05) is 32.8 Å². The van der Waals surface area contributed by atoms with E-state index in [0.717, 1.165) is 19.6 Å². The van der Waals surface area contributed by atoms with Crippen LogP contribution in [-0.4, -0.2) is 49.7 Å². The van der Waals surface area contributed by atoms with Gasteiger partial charge in [0.05, 0.1) is 0 Å². The van der Waals surface area contributed by atoms with E-state index in [9.17, 15) is 4.79 Å². The standard InChI is InChI=1S/C9H18N2O2/c1-7-6-10-4-5-11(7)9(12)8(2)13-3/h7-8,10H,4-6H2,1-3H3/t7-,8?/m1/s1. The van der Waals surface area contributed by atoms with Gasteiger partial charge in [-0.05, 0) is 13.8 Å². The molecular weight excluding hydrogens is 168 g/mol. The molecule has 1 unspecified atom stereocenters. The average molecular weight is 186 g/mol. The van der Waals surface area contributed by atoms with E-state index in [2.05, 4.69) is 5.32 Å². The molecule has 4 heteroatoms. The van der Waals surface area contributed by atoms with Crippen molar-refractivity contribution in [2.75, 3.05) is 26.7 Å². The van der Waals surface area contributed by atoms with E-state index in [-0.39, 0.29) is 18.1 Å². The van der Waals surface area contributed by atoms with E-state index in [0.29, 0.717) is 0 Å². The molecule has 0 aliphatic carbocycles. The molecule has 1 heterocycles. The minimum absolute atomic E-state index is 0.0940. The van der Waals surface area contributed by atoms with Gasteiger partial charge in [0.2, 0.25) is 0 Å². The first-order valence-electron chi connectivity index (χ1n) is 4.70. The number of ether oxygens (including phenoxy) is 1. The zero-order valence-electron chi connectivity index (χ0n) is 8.54. The Morgan fingerprint density at radius 1 is 1.69 bits per heavy atom. The monoisotopic (exact) mass is 186 g/mol. The summed E-state index contributed by atoms with van der Waals surface area (Å²) >= 11 is 0. The molecule has 1 rings (SSSR count). The van der Waals surface area contributed by atoms with Crippen LogP contribution >= 0.6 is 0 Å². The van der Waals surface area contributed by atoms with Crippen LogP contribution in [0.4, 0.5) is 0 Å². The van der Waals surface area contributed by atoms with Gasteiger partial charge in [-0.15, -0.1) is 0 Å². The molecule has 0 saturated carbocycles. The second-order valence-corrected chi connectivity index (χ2v) is 3.46. The van der Waals surface area contributed by atoms with E-state index in [4.69, 9.17) is 4.74 Å². The van der Waals surface area contributed by atoms with Crippen molar-refractivity contribution in [1.29, 1.82) is 0 Å². The normalized spacial score (nSPS) is 25.8. The van der Waals surface area contributed by atoms with Crippen LogP contribution < -0.4 is 5.32 Å². The molecule has 4 nitrogen and oxygen atoms in total. The fraction of sp³-hybridized carbons (Fsp3) is 0.889. The third-order valence-corrected chi connectivity index (χ3v) is 2.49. The summed E-state index contributed by atoms with van der Waals surface area (Å²) in [5.74, 6) is 0.0940. The second kappa shape index (κ2) is 4.58. The number of piperazine rings is 1. The minimum Gasteiger partial charge on any atom is -0.372 e. The molecule has 0 spiro atoms. The van der Waals surface area contributed by atoms with Gasteiger partial charge >= 0.3 is 0 Å². The minimum atomic E-state index is -0.319. The summed E-state index contributed by atoms with van der Waals surface area (Å²) < 4.78 is 5.00. The Hall–Kier alpha value is -0.610. The van der Waals surface area contributed by atoms with Gasteiger partial charge in [-0.2, -0.15) is 0 Å². The predicted molar refractivity (Wildman–Crippen MR) is 50.5 cm³/mol. The second-order valence-electron chi connectivity index (χ2n) is 3.46. The molecule has 13 heavy (non-hydrogen) atoms. The van der Waals surface area contributed by atoms with Gasteiger partial charge < -0.3 is 15.0 Å². The van der Waals surface area contributed by atoms with Gasteiger partial charge in [-0.25, -0.2) is 0 Å². The number of nitrogens with one attached hydrogen (secondary N) is 1. The highest BCUT2D eigenvalue weighted by Gasteiger charge is 2.26. The number of hydrogen-bond donors (Lipinski definition) is 1. The predicted octanol–water partition coefficient (Wildman–Crippen LogP) is -0.158. The molecule has 0 aromatic carbocycles. The number of carbonyl (C=O) groups excluding carboxylic acids is 1. The summed E-state index contributed by atoms with van der Waals surface area (Å²) in [5.41, 5.74) is 0. The lowest BCUT2D eigenvalue weighted by Gasteiger charge is -2.35. The molecule has 1 N–H and O–H groups in total. The number of hydrogen-bond acceptors (Lipinski definition) is 3. The summed E-state index contributed by atoms with van der Waals surface area (Å²) in [5, 5.41) is 3.24. The van der Waals surface area contributed by atoms with Crippen molar-refractivity contribution in [1.82, 2.24) is 10.2 Å². The van der Waals surface area contributed by atoms with Crippen molar-refractivity contribution in [2.24, 2.45) is 0 Å². The molecule has 1 amide bonds. The van der Waals surface area contributed by atoms with Gasteiger partial charge in [-0.3, -0.25) is 4.79 Å². The number of methoxy groups -OCH3 is 1. The lowest BCUT2D eigenvalue weighted by molar-refractivity contribution is -0.143. The molecule has 0 bridgehead atoms. The first-order valence-corrected chi connectivity index (χ1v) is 4.70. The number of amides is 1. The highest BCUT2D eigenvalue weighted by molar-refractivity contribution is 5.80. The summed E-state index contributed by atoms with van der Waals surface area (Å²) in [6.07, 6.45) is -0.319. The number of nitrogens with zero attached hydrogens (tertiary/aromatic N) is 1. The topological polar surface area (TPSA) is 41.6 Å². The van der Waals surface area contributed by atoms with Crippen molar-refractivity contribution >= 4 is 5.91 Å². The van der Waals surface area contributed by atoms with Crippen LogP contribution in [0.1, 0.15) is 13.8 Å². The molecule has 76 valence electrons. The maximum Gasteiger partial charge on any atom is 0.251 e. The van der Waals surface area contributed by atoms with Crippen LogP contribution in [0.5, 0.6) is 0 Å². The van der Waals surface area contributed by atoms with Crippen molar-refractivity contribution < 1.29 is 9.53 Å². The lowest BCUT2D eigenvalue weighted by Crippen LogP contribution is -2.54. The Kier molecular flexibility index (Phi) is 3.69. The first kappa shape index (κ1) is 10.5. The Bertz CT molecular complexity index is 184. The molecule has 0 radical (unpaired) electrons. The summed E-state index contributed by atoms with van der Waals surface area (Å²) in [6, 6.07) is 0.277. The van der Waals surface area contributed by atoms with Crippen molar-refractivity contribution in [3.05, 3.63) is 0 Å². The zero-order valence-corrected chi connectivity index (χ0v) is 8.54. The summed E-state index contributed by atoms with van der Waals surface area (Å²) in [4.78, 5) is 13.6. The van der Waals surface area contributed by atoms with Gasteiger partial charge in [0.1, 0.15) is 6.10 Å². The smallest absolute Gasteiger partial charge is 0.251 e. The maximum atomic E-state index is 11.7. The van der Waals surface area contributed by atoms with E-state index in [1.807, 2.05) is 11.8 Å². The van der Waals surface area contributed by atoms with E-state index >= 15 is 0 Å². The molecular formula is C9H18N2O2. The third kappa shape index (κ3) is 2.42. The summed E-state index contributed by atoms with van der Waals surface area (Å²) in [6.45, 7) is 6.38. The third-order valence-electron chi connectivity index (χ3n) is 2.49. The zero-order chi connectivity index (χ0) is 9.84. The van der Waals surface area contributed by atoms with Gasteiger partial charge in [-0.1, -0.05) is 0 Å². The lowest BCUT2D eigenvalue weighted by atomic mass is 10.2. The maximum absolute atomic E-state index is 11.7. The van der Waals surface area contributed by atoms with E-state index in [1.54, 1.807) is 14.0 Å². The Morgan fingerprint density at radius 3 is 2.92 bits per heavy atom. The van der Waals surface area contributed by atoms with E-state index < -0.39 is 0 Å². The van der Waals surface area contributed by atoms with Crippen LogP contribution in [0, 0.1) is 0 Å². The molecule has 1 saturated heterocycles. The van der Waals surface area contributed by atoms with Crippen LogP contribution in [0.3, 0.4) is 0 Å². The molecule has 1 aliphatic rings. The SMILES string of the molecule is COC(C)C(=O)N1CCNC[C@H]1C. The molecule has 0 aromatic rings. The number of rotatable bonds is 2. The molecule has 0 aromatic heterocycles. The highest BCUT2D eigenvalue weighted by Crippen LogP contribution is 2.06. The Balaban J connectivity index is 2.53. The van der Waals surface area contributed by atoms with Crippen molar-refractivity contribution in [2.45, 2.75) is 26.0 Å². The van der Waals surface area contributed by atoms with Crippen molar-refractivity contribution in [3.8, 4) is 0 Å². The highest BCUT2D eigenvalue weighted by atomic mass is 16.5. The largest absolute Gasteiger partial charge is 0.372 e. The van der Waals surface area contributed by atoms with Crippen LogP contribution in [0.25, 0.3) is 0 Å². The van der Waals surface area contributed by atoms with Gasteiger partial charge in [0.15, 0.2) is 0 Å². The Labute approximate surface area is 79.2 Å². The molecule has 1 aliphatic heterocycles. The quantitative estimate of drug-likeness (QED) is 0.651. The fourth-order valence-corrected chi connectivity index (χ4v) is 1.50. The fourth-order valence-electron chi connectivity index (χ4n) is 1.50.